The molecular formula is C14H20N2O4. The fraction of sp³-hybridized carbons (Fsp3) is 0.643. The number of nitrogens with one attached hydrogen (secondary N) is 1. The minimum atomic E-state index is -1.27. The number of hydrogen-bond donors (Lipinski definition) is 2. The summed E-state index contributed by atoms with van der Waals surface area (Å²) in [7, 11) is 0. The quantitative estimate of drug-likeness (QED) is 0.879. The summed E-state index contributed by atoms with van der Waals surface area (Å²) in [6.45, 7) is 4.58. The van der Waals surface area contributed by atoms with Gasteiger partial charge in [-0.05, 0) is 32.1 Å². The fourth-order valence-electron chi connectivity index (χ4n) is 2.97. The van der Waals surface area contributed by atoms with Gasteiger partial charge in [-0.3, -0.25) is 4.79 Å². The van der Waals surface area contributed by atoms with Crippen molar-refractivity contribution in [2.45, 2.75) is 45.1 Å². The van der Waals surface area contributed by atoms with E-state index in [-0.39, 0.29) is 5.56 Å². The molecule has 110 valence electrons. The first-order valence-corrected chi connectivity index (χ1v) is 6.95. The molecule has 0 saturated heterocycles. The topological polar surface area (TPSA) is 92.3 Å². The van der Waals surface area contributed by atoms with Crippen LogP contribution in [0.1, 0.15) is 55.7 Å². The molecular weight excluding hydrogens is 260 g/mol. The number of carbonyl (C=O) groups is 1. The molecule has 0 aliphatic heterocycles. The Labute approximate surface area is 117 Å². The fourth-order valence-corrected chi connectivity index (χ4v) is 2.97. The van der Waals surface area contributed by atoms with Crippen molar-refractivity contribution in [3.63, 3.8) is 0 Å². The molecule has 2 rings (SSSR count). The molecule has 0 radical (unpaired) electrons. The lowest BCUT2D eigenvalue weighted by Crippen LogP contribution is -2.39. The summed E-state index contributed by atoms with van der Waals surface area (Å²) in [6, 6.07) is 0. The zero-order chi connectivity index (χ0) is 14.8. The molecule has 1 aliphatic carbocycles. The predicted molar refractivity (Wildman–Crippen MR) is 72.8 cm³/mol. The van der Waals surface area contributed by atoms with E-state index < -0.39 is 17.1 Å². The standard InChI is InChI=1S/C14H20N2O4/c1-3-20-14(6-4-5-9(2)7-14)13-15-8-10(12(18)19)11(17)16-13/h8-9H,3-7H2,1-2H3,(H,18,19)(H,15,16,17). The largest absolute Gasteiger partial charge is 0.477 e. The van der Waals surface area contributed by atoms with Crippen LogP contribution in [0.2, 0.25) is 0 Å². The van der Waals surface area contributed by atoms with Gasteiger partial charge in [0.15, 0.2) is 0 Å². The Kier molecular flexibility index (Phi) is 4.23. The number of aromatic nitrogens is 2. The van der Waals surface area contributed by atoms with Crippen molar-refractivity contribution in [3.8, 4) is 0 Å². The van der Waals surface area contributed by atoms with Crippen molar-refractivity contribution in [1.82, 2.24) is 9.97 Å². The zero-order valence-corrected chi connectivity index (χ0v) is 11.8. The summed E-state index contributed by atoms with van der Waals surface area (Å²) >= 11 is 0. The van der Waals surface area contributed by atoms with Crippen LogP contribution in [0, 0.1) is 5.92 Å². The second-order valence-electron chi connectivity index (χ2n) is 5.41. The van der Waals surface area contributed by atoms with E-state index in [4.69, 9.17) is 9.84 Å². The minimum absolute atomic E-state index is 0.343. The predicted octanol–water partition coefficient (Wildman–Crippen LogP) is 1.91. The van der Waals surface area contributed by atoms with E-state index in [9.17, 15) is 9.59 Å². The van der Waals surface area contributed by atoms with Gasteiger partial charge in [0.1, 0.15) is 17.0 Å². The van der Waals surface area contributed by atoms with Crippen molar-refractivity contribution < 1.29 is 14.6 Å². The highest BCUT2D eigenvalue weighted by Crippen LogP contribution is 2.41. The molecule has 2 N–H and O–H groups in total. The number of H-pyrrole nitrogens is 1. The Balaban J connectivity index is 2.42. The molecule has 1 fully saturated rings. The number of carboxylic acids is 1. The van der Waals surface area contributed by atoms with E-state index in [0.717, 1.165) is 31.9 Å². The number of aromatic carboxylic acids is 1. The molecule has 1 aliphatic rings. The Hall–Kier alpha value is -1.69. The lowest BCUT2D eigenvalue weighted by Gasteiger charge is -2.38. The van der Waals surface area contributed by atoms with E-state index in [2.05, 4.69) is 16.9 Å². The van der Waals surface area contributed by atoms with Crippen molar-refractivity contribution in [2.24, 2.45) is 5.92 Å². The lowest BCUT2D eigenvalue weighted by atomic mass is 9.78. The molecule has 6 heteroatoms. The highest BCUT2D eigenvalue weighted by molar-refractivity contribution is 5.86. The second-order valence-corrected chi connectivity index (χ2v) is 5.41. The lowest BCUT2D eigenvalue weighted by molar-refractivity contribution is -0.0882. The van der Waals surface area contributed by atoms with Gasteiger partial charge in [-0.25, -0.2) is 9.78 Å². The minimum Gasteiger partial charge on any atom is -0.477 e. The molecule has 1 aromatic heterocycles. The van der Waals surface area contributed by atoms with Gasteiger partial charge in [-0.2, -0.15) is 0 Å². The van der Waals surface area contributed by atoms with E-state index in [1.165, 1.54) is 0 Å². The number of rotatable bonds is 4. The maximum atomic E-state index is 11.8. The van der Waals surface area contributed by atoms with Crippen LogP contribution in [0.25, 0.3) is 0 Å². The van der Waals surface area contributed by atoms with Crippen LogP contribution in [0.3, 0.4) is 0 Å². The second kappa shape index (κ2) is 5.75. The Bertz CT molecular complexity index is 550. The average Bonchev–Trinajstić information content (AvgIpc) is 2.38. The van der Waals surface area contributed by atoms with Crippen LogP contribution in [0.15, 0.2) is 11.0 Å². The maximum Gasteiger partial charge on any atom is 0.342 e. The molecule has 0 aromatic carbocycles. The van der Waals surface area contributed by atoms with Gasteiger partial charge in [-0.1, -0.05) is 13.3 Å². The first-order valence-electron chi connectivity index (χ1n) is 6.95. The molecule has 20 heavy (non-hydrogen) atoms. The molecule has 6 nitrogen and oxygen atoms in total. The molecule has 2 atom stereocenters. The number of carboxylic acid groups (broad SMARTS) is 1. The van der Waals surface area contributed by atoms with Crippen molar-refractivity contribution in [1.29, 1.82) is 0 Å². The summed E-state index contributed by atoms with van der Waals surface area (Å²) < 4.78 is 5.90. The molecule has 0 bridgehead atoms. The van der Waals surface area contributed by atoms with E-state index >= 15 is 0 Å². The molecule has 1 saturated carbocycles. The summed E-state index contributed by atoms with van der Waals surface area (Å²) in [5.74, 6) is -0.339. The average molecular weight is 280 g/mol. The number of ether oxygens (including phenoxy) is 1. The molecule has 0 amide bonds. The number of nitrogens with zero attached hydrogens (tertiary/aromatic N) is 1. The Morgan fingerprint density at radius 3 is 2.95 bits per heavy atom. The number of hydrogen-bond acceptors (Lipinski definition) is 4. The van der Waals surface area contributed by atoms with Gasteiger partial charge in [0.25, 0.3) is 5.56 Å². The Morgan fingerprint density at radius 2 is 2.40 bits per heavy atom. The van der Waals surface area contributed by atoms with Crippen LogP contribution < -0.4 is 5.56 Å². The SMILES string of the molecule is CCOC1(c2ncc(C(=O)O)c(=O)[nH]2)CCCC(C)C1. The van der Waals surface area contributed by atoms with Crippen LogP contribution in [0.4, 0.5) is 0 Å². The van der Waals surface area contributed by atoms with E-state index in [1.807, 2.05) is 6.92 Å². The van der Waals surface area contributed by atoms with Crippen molar-refractivity contribution >= 4 is 5.97 Å². The zero-order valence-electron chi connectivity index (χ0n) is 11.8. The van der Waals surface area contributed by atoms with Crippen LogP contribution in [0.5, 0.6) is 0 Å². The summed E-state index contributed by atoms with van der Waals surface area (Å²) in [5.41, 5.74) is -1.56. The summed E-state index contributed by atoms with van der Waals surface area (Å²) in [6.07, 6.45) is 4.84. The van der Waals surface area contributed by atoms with Gasteiger partial charge in [0.2, 0.25) is 0 Å². The first kappa shape index (κ1) is 14.7. The van der Waals surface area contributed by atoms with Gasteiger partial charge in [-0.15, -0.1) is 0 Å². The Morgan fingerprint density at radius 1 is 1.65 bits per heavy atom. The molecule has 1 heterocycles. The van der Waals surface area contributed by atoms with E-state index in [1.54, 1.807) is 0 Å². The highest BCUT2D eigenvalue weighted by Gasteiger charge is 2.39. The monoisotopic (exact) mass is 280 g/mol. The first-order chi connectivity index (χ1) is 9.48. The summed E-state index contributed by atoms with van der Waals surface area (Å²) in [5, 5.41) is 8.89. The number of aromatic amines is 1. The van der Waals surface area contributed by atoms with Crippen LogP contribution in [-0.2, 0) is 10.3 Å². The molecule has 1 aromatic rings. The molecule has 0 spiro atoms. The third-order valence-electron chi connectivity index (χ3n) is 3.84. The third-order valence-corrected chi connectivity index (χ3v) is 3.84. The maximum absolute atomic E-state index is 11.8. The van der Waals surface area contributed by atoms with E-state index in [0.29, 0.717) is 18.3 Å². The third kappa shape index (κ3) is 2.75. The van der Waals surface area contributed by atoms with Gasteiger partial charge < -0.3 is 14.8 Å². The smallest absolute Gasteiger partial charge is 0.342 e. The van der Waals surface area contributed by atoms with Crippen LogP contribution in [-0.4, -0.2) is 27.7 Å². The van der Waals surface area contributed by atoms with Gasteiger partial charge in [0, 0.05) is 12.8 Å². The van der Waals surface area contributed by atoms with Crippen molar-refractivity contribution in [3.05, 3.63) is 27.9 Å². The van der Waals surface area contributed by atoms with Gasteiger partial charge >= 0.3 is 5.97 Å². The highest BCUT2D eigenvalue weighted by atomic mass is 16.5. The normalized spacial score (nSPS) is 26.4. The molecule has 2 unspecified atom stereocenters. The van der Waals surface area contributed by atoms with Crippen LogP contribution >= 0.6 is 0 Å². The summed E-state index contributed by atoms with van der Waals surface area (Å²) in [4.78, 5) is 29.4. The van der Waals surface area contributed by atoms with Crippen molar-refractivity contribution in [2.75, 3.05) is 6.61 Å². The van der Waals surface area contributed by atoms with Gasteiger partial charge in [0.05, 0.1) is 0 Å².